The van der Waals surface area contributed by atoms with Crippen LogP contribution >= 0.6 is 0 Å². The second kappa shape index (κ2) is 11.4. The molecule has 6 nitrogen and oxygen atoms in total. The molecular formula is C22H38N4O2. The SMILES string of the molecule is Cc1noc(C)c1CN(C)CCCCCCCCN(C)Cc1c(C)noc1C. The van der Waals surface area contributed by atoms with E-state index in [1.807, 2.05) is 27.7 Å². The lowest BCUT2D eigenvalue weighted by Gasteiger charge is -2.17. The van der Waals surface area contributed by atoms with Gasteiger partial charge in [0.2, 0.25) is 0 Å². The number of unbranched alkanes of at least 4 members (excludes halogenated alkanes) is 5. The maximum absolute atomic E-state index is 5.25. The van der Waals surface area contributed by atoms with E-state index >= 15 is 0 Å². The summed E-state index contributed by atoms with van der Waals surface area (Å²) in [6, 6.07) is 0. The summed E-state index contributed by atoms with van der Waals surface area (Å²) in [4.78, 5) is 4.74. The number of hydrogen-bond donors (Lipinski definition) is 0. The zero-order chi connectivity index (χ0) is 20.5. The van der Waals surface area contributed by atoms with Crippen LogP contribution in [0.2, 0.25) is 0 Å². The zero-order valence-electron chi connectivity index (χ0n) is 18.7. The molecule has 2 aromatic rings. The van der Waals surface area contributed by atoms with Gasteiger partial charge >= 0.3 is 0 Å². The molecule has 2 heterocycles. The van der Waals surface area contributed by atoms with Crippen LogP contribution in [-0.2, 0) is 13.1 Å². The van der Waals surface area contributed by atoms with Crippen LogP contribution in [0.4, 0.5) is 0 Å². The fourth-order valence-electron chi connectivity index (χ4n) is 3.62. The number of rotatable bonds is 13. The first kappa shape index (κ1) is 22.6. The second-order valence-electron chi connectivity index (χ2n) is 8.20. The van der Waals surface area contributed by atoms with Gasteiger partial charge in [-0.15, -0.1) is 0 Å². The van der Waals surface area contributed by atoms with Crippen LogP contribution in [0.5, 0.6) is 0 Å². The van der Waals surface area contributed by atoms with E-state index in [2.05, 4.69) is 34.2 Å². The van der Waals surface area contributed by atoms with E-state index in [-0.39, 0.29) is 0 Å². The number of aryl methyl sites for hydroxylation is 4. The molecule has 2 aromatic heterocycles. The van der Waals surface area contributed by atoms with E-state index in [0.717, 1.165) is 49.1 Å². The van der Waals surface area contributed by atoms with Crippen molar-refractivity contribution in [1.82, 2.24) is 20.1 Å². The van der Waals surface area contributed by atoms with Crippen LogP contribution < -0.4 is 0 Å². The molecule has 0 aromatic carbocycles. The van der Waals surface area contributed by atoms with E-state index in [0.29, 0.717) is 0 Å². The third-order valence-electron chi connectivity index (χ3n) is 5.55. The summed E-state index contributed by atoms with van der Waals surface area (Å²) in [5, 5.41) is 8.07. The van der Waals surface area contributed by atoms with E-state index in [1.54, 1.807) is 0 Å². The van der Waals surface area contributed by atoms with Gasteiger partial charge in [0.15, 0.2) is 0 Å². The molecule has 0 aliphatic rings. The first-order chi connectivity index (χ1) is 13.4. The highest BCUT2D eigenvalue weighted by Crippen LogP contribution is 2.16. The van der Waals surface area contributed by atoms with Gasteiger partial charge in [0.05, 0.1) is 11.4 Å². The molecule has 28 heavy (non-hydrogen) atoms. The van der Waals surface area contributed by atoms with Crippen molar-refractivity contribution in [3.05, 3.63) is 34.0 Å². The summed E-state index contributed by atoms with van der Waals surface area (Å²) in [5.41, 5.74) is 4.51. The summed E-state index contributed by atoms with van der Waals surface area (Å²) in [5.74, 6) is 1.90. The Morgan fingerprint density at radius 1 is 0.607 bits per heavy atom. The van der Waals surface area contributed by atoms with Crippen LogP contribution in [0.25, 0.3) is 0 Å². The Kier molecular flexibility index (Phi) is 9.19. The summed E-state index contributed by atoms with van der Waals surface area (Å²) in [6.45, 7) is 12.1. The molecule has 0 bridgehead atoms. The van der Waals surface area contributed by atoms with Gasteiger partial charge in [-0.3, -0.25) is 0 Å². The molecule has 6 heteroatoms. The molecule has 0 aliphatic heterocycles. The maximum atomic E-state index is 5.25. The normalized spacial score (nSPS) is 11.9. The molecule has 2 rings (SSSR count). The predicted molar refractivity (Wildman–Crippen MR) is 112 cm³/mol. The number of aromatic nitrogens is 2. The maximum Gasteiger partial charge on any atom is 0.138 e. The molecule has 0 unspecified atom stereocenters. The fourth-order valence-corrected chi connectivity index (χ4v) is 3.62. The average Bonchev–Trinajstić information content (AvgIpc) is 3.14. The molecule has 0 saturated heterocycles. The molecule has 0 amide bonds. The van der Waals surface area contributed by atoms with Crippen LogP contribution in [-0.4, -0.2) is 47.3 Å². The van der Waals surface area contributed by atoms with Gasteiger partial charge < -0.3 is 18.8 Å². The molecule has 0 N–H and O–H groups in total. The van der Waals surface area contributed by atoms with Gasteiger partial charge in [-0.1, -0.05) is 36.0 Å². The smallest absolute Gasteiger partial charge is 0.138 e. The Balaban J connectivity index is 1.48. The van der Waals surface area contributed by atoms with E-state index in [9.17, 15) is 0 Å². The summed E-state index contributed by atoms with van der Waals surface area (Å²) < 4.78 is 10.5. The summed E-state index contributed by atoms with van der Waals surface area (Å²) in [6.07, 6.45) is 7.78. The molecule has 158 valence electrons. The lowest BCUT2D eigenvalue weighted by molar-refractivity contribution is 0.307. The topological polar surface area (TPSA) is 58.5 Å². The first-order valence-electron chi connectivity index (χ1n) is 10.6. The Morgan fingerprint density at radius 3 is 1.29 bits per heavy atom. The third kappa shape index (κ3) is 7.06. The van der Waals surface area contributed by atoms with Crippen LogP contribution in [0.1, 0.15) is 72.6 Å². The number of hydrogen-bond acceptors (Lipinski definition) is 6. The van der Waals surface area contributed by atoms with Gasteiger partial charge in [-0.25, -0.2) is 0 Å². The highest BCUT2D eigenvalue weighted by molar-refractivity contribution is 5.21. The quantitative estimate of drug-likeness (QED) is 0.458. The van der Waals surface area contributed by atoms with Crippen LogP contribution in [0, 0.1) is 27.7 Å². The largest absolute Gasteiger partial charge is 0.361 e. The highest BCUT2D eigenvalue weighted by atomic mass is 16.5. The molecule has 0 fully saturated rings. The predicted octanol–water partition coefficient (Wildman–Crippen LogP) is 4.80. The Morgan fingerprint density at radius 2 is 0.964 bits per heavy atom. The molecular weight excluding hydrogens is 352 g/mol. The van der Waals surface area contributed by atoms with Crippen molar-refractivity contribution >= 4 is 0 Å². The van der Waals surface area contributed by atoms with Crippen molar-refractivity contribution in [3.63, 3.8) is 0 Å². The molecule has 0 spiro atoms. The summed E-state index contributed by atoms with van der Waals surface area (Å²) in [7, 11) is 4.36. The second-order valence-corrected chi connectivity index (χ2v) is 8.20. The van der Waals surface area contributed by atoms with Gasteiger partial charge in [0.25, 0.3) is 0 Å². The average molecular weight is 391 g/mol. The Bertz CT molecular complexity index is 608. The van der Waals surface area contributed by atoms with E-state index in [1.165, 1.54) is 49.7 Å². The number of nitrogens with zero attached hydrogens (tertiary/aromatic N) is 4. The van der Waals surface area contributed by atoms with Crippen molar-refractivity contribution in [3.8, 4) is 0 Å². The molecule has 0 atom stereocenters. The summed E-state index contributed by atoms with van der Waals surface area (Å²) >= 11 is 0. The fraction of sp³-hybridized carbons (Fsp3) is 0.727. The van der Waals surface area contributed by atoms with Crippen molar-refractivity contribution in [1.29, 1.82) is 0 Å². The van der Waals surface area contributed by atoms with Crippen molar-refractivity contribution in [2.24, 2.45) is 0 Å². The first-order valence-corrected chi connectivity index (χ1v) is 10.6. The minimum atomic E-state index is 0.929. The molecule has 0 saturated carbocycles. The molecule has 0 aliphatic carbocycles. The van der Waals surface area contributed by atoms with Crippen molar-refractivity contribution < 1.29 is 9.05 Å². The Labute approximate surface area is 170 Å². The van der Waals surface area contributed by atoms with Crippen LogP contribution in [0.15, 0.2) is 9.05 Å². The van der Waals surface area contributed by atoms with E-state index in [4.69, 9.17) is 9.05 Å². The van der Waals surface area contributed by atoms with Gasteiger partial charge in [-0.2, -0.15) is 0 Å². The monoisotopic (exact) mass is 390 g/mol. The third-order valence-corrected chi connectivity index (χ3v) is 5.55. The minimum absolute atomic E-state index is 0.929. The Hall–Kier alpha value is -1.66. The van der Waals surface area contributed by atoms with Crippen molar-refractivity contribution in [2.45, 2.75) is 79.3 Å². The van der Waals surface area contributed by atoms with Gasteiger partial charge in [0.1, 0.15) is 11.5 Å². The van der Waals surface area contributed by atoms with Crippen LogP contribution in [0.3, 0.4) is 0 Å². The lowest BCUT2D eigenvalue weighted by Crippen LogP contribution is -2.20. The zero-order valence-corrected chi connectivity index (χ0v) is 18.7. The molecule has 0 radical (unpaired) electrons. The minimum Gasteiger partial charge on any atom is -0.361 e. The van der Waals surface area contributed by atoms with Gasteiger partial charge in [-0.05, 0) is 67.7 Å². The highest BCUT2D eigenvalue weighted by Gasteiger charge is 2.12. The lowest BCUT2D eigenvalue weighted by atomic mass is 10.1. The standard InChI is InChI=1S/C22H38N4O2/c1-17-21(19(3)27-23-17)15-25(5)13-11-9-7-8-10-12-14-26(6)16-22-18(2)24-28-20(22)4/h7-16H2,1-6H3. The van der Waals surface area contributed by atoms with Gasteiger partial charge in [0, 0.05) is 24.2 Å². The van der Waals surface area contributed by atoms with Crippen molar-refractivity contribution in [2.75, 3.05) is 27.2 Å². The van der Waals surface area contributed by atoms with E-state index < -0.39 is 0 Å².